The Bertz CT molecular complexity index is 1310. The monoisotopic (exact) mass is 363 g/mol. The highest BCUT2D eigenvalue weighted by Crippen LogP contribution is 2.41. The molecule has 27 heavy (non-hydrogen) atoms. The van der Waals surface area contributed by atoms with Crippen LogP contribution in [0, 0.1) is 0 Å². The number of nitrogens with zero attached hydrogens (tertiary/aromatic N) is 1. The fraction of sp³-hybridized carbons (Fsp3) is 0.190. The summed E-state index contributed by atoms with van der Waals surface area (Å²) in [5.41, 5.74) is 1.43. The van der Waals surface area contributed by atoms with Gasteiger partial charge in [0.05, 0.1) is 25.3 Å². The lowest BCUT2D eigenvalue weighted by Gasteiger charge is -2.06. The van der Waals surface area contributed by atoms with Crippen molar-refractivity contribution in [1.82, 2.24) is 4.57 Å². The summed E-state index contributed by atoms with van der Waals surface area (Å²) in [4.78, 5) is 12.9. The van der Waals surface area contributed by atoms with Gasteiger partial charge >= 0.3 is 0 Å². The molecule has 0 fully saturated rings. The Balaban J connectivity index is 2.00. The van der Waals surface area contributed by atoms with Gasteiger partial charge in [-0.05, 0) is 23.6 Å². The van der Waals surface area contributed by atoms with Gasteiger partial charge in [0, 0.05) is 29.3 Å². The molecule has 0 radical (unpaired) electrons. The number of fused-ring (bicyclic) bond motifs is 6. The molecule has 1 aliphatic rings. The quantitative estimate of drug-likeness (QED) is 0.545. The number of benzene rings is 2. The molecule has 0 atom stereocenters. The Labute approximate surface area is 154 Å². The van der Waals surface area contributed by atoms with E-state index in [0.29, 0.717) is 22.8 Å². The number of rotatable bonds is 2. The molecule has 0 amide bonds. The second-order valence-corrected chi connectivity index (χ2v) is 6.50. The van der Waals surface area contributed by atoms with Crippen molar-refractivity contribution in [3.05, 3.63) is 46.6 Å². The first-order valence-electron chi connectivity index (χ1n) is 8.53. The third-order valence-electron chi connectivity index (χ3n) is 5.15. The van der Waals surface area contributed by atoms with Gasteiger partial charge in [-0.1, -0.05) is 12.1 Å². The first-order valence-corrected chi connectivity index (χ1v) is 8.53. The Morgan fingerprint density at radius 2 is 1.56 bits per heavy atom. The van der Waals surface area contributed by atoms with Crippen molar-refractivity contribution in [2.45, 2.75) is 0 Å². The standard InChI is InChI=1S/C21H17NO5/c1-22-20-12(5-4-11-6-18-19(7-13(11)20)27-10-26-18)14-8-16(24-2)17(25-3)9-15(23)21(14)22/h4-9H,10H2,1-3H3. The third-order valence-corrected chi connectivity index (χ3v) is 5.15. The second-order valence-electron chi connectivity index (χ2n) is 6.50. The van der Waals surface area contributed by atoms with Gasteiger partial charge in [0.1, 0.15) is 0 Å². The molecular weight excluding hydrogens is 346 g/mol. The summed E-state index contributed by atoms with van der Waals surface area (Å²) in [6.07, 6.45) is 0. The van der Waals surface area contributed by atoms with Crippen molar-refractivity contribution in [3.63, 3.8) is 0 Å². The lowest BCUT2D eigenvalue weighted by molar-refractivity contribution is 0.174. The van der Waals surface area contributed by atoms with Gasteiger partial charge in [-0.3, -0.25) is 4.79 Å². The van der Waals surface area contributed by atoms with Gasteiger partial charge in [-0.15, -0.1) is 0 Å². The summed E-state index contributed by atoms with van der Waals surface area (Å²) >= 11 is 0. The van der Waals surface area contributed by atoms with E-state index in [-0.39, 0.29) is 12.2 Å². The molecule has 1 aliphatic heterocycles. The van der Waals surface area contributed by atoms with Crippen LogP contribution in [0.2, 0.25) is 0 Å². The minimum Gasteiger partial charge on any atom is -0.493 e. The predicted molar refractivity (Wildman–Crippen MR) is 103 cm³/mol. The zero-order valence-electron chi connectivity index (χ0n) is 15.2. The molecule has 136 valence electrons. The van der Waals surface area contributed by atoms with Crippen LogP contribution in [0.1, 0.15) is 0 Å². The lowest BCUT2D eigenvalue weighted by atomic mass is 10.1. The van der Waals surface area contributed by atoms with Gasteiger partial charge in [-0.25, -0.2) is 0 Å². The van der Waals surface area contributed by atoms with E-state index < -0.39 is 0 Å². The number of aromatic nitrogens is 1. The minimum atomic E-state index is -0.127. The van der Waals surface area contributed by atoms with E-state index in [1.807, 2.05) is 41.9 Å². The van der Waals surface area contributed by atoms with Crippen LogP contribution in [0.3, 0.4) is 0 Å². The SMILES string of the molecule is COc1cc(=O)c2c(cc1OC)c1ccc3cc4c(cc3c1n2C)OCO4. The highest BCUT2D eigenvalue weighted by Gasteiger charge is 2.19. The largest absolute Gasteiger partial charge is 0.493 e. The highest BCUT2D eigenvalue weighted by molar-refractivity contribution is 6.18. The third kappa shape index (κ3) is 2.10. The normalized spacial score (nSPS) is 12.9. The summed E-state index contributed by atoms with van der Waals surface area (Å²) in [5, 5.41) is 3.81. The van der Waals surface area contributed by atoms with E-state index in [2.05, 4.69) is 0 Å². The van der Waals surface area contributed by atoms with Crippen LogP contribution in [-0.2, 0) is 7.05 Å². The average Bonchev–Trinajstić information content (AvgIpc) is 3.19. The summed E-state index contributed by atoms with van der Waals surface area (Å²) in [7, 11) is 4.99. The summed E-state index contributed by atoms with van der Waals surface area (Å²) in [6.45, 7) is 0.224. The molecule has 0 saturated carbocycles. The Kier molecular flexibility index (Phi) is 3.25. The van der Waals surface area contributed by atoms with Gasteiger partial charge in [0.25, 0.3) is 0 Å². The fourth-order valence-electron chi connectivity index (χ4n) is 3.92. The zero-order chi connectivity index (χ0) is 18.7. The van der Waals surface area contributed by atoms with Crippen molar-refractivity contribution in [2.75, 3.05) is 21.0 Å². The molecule has 0 spiro atoms. The molecule has 0 N–H and O–H groups in total. The number of ether oxygens (including phenoxy) is 4. The Hall–Kier alpha value is -3.41. The van der Waals surface area contributed by atoms with Gasteiger partial charge in [-0.2, -0.15) is 0 Å². The Morgan fingerprint density at radius 3 is 2.30 bits per heavy atom. The molecule has 5 rings (SSSR count). The zero-order valence-corrected chi connectivity index (χ0v) is 15.2. The topological polar surface area (TPSA) is 58.9 Å². The molecule has 2 heterocycles. The van der Waals surface area contributed by atoms with E-state index in [1.54, 1.807) is 7.11 Å². The Morgan fingerprint density at radius 1 is 0.852 bits per heavy atom. The first kappa shape index (κ1) is 15.8. The molecule has 1 aromatic heterocycles. The average molecular weight is 363 g/mol. The van der Waals surface area contributed by atoms with Crippen LogP contribution in [0.25, 0.3) is 32.6 Å². The number of hydrogen-bond donors (Lipinski definition) is 0. The van der Waals surface area contributed by atoms with Crippen molar-refractivity contribution in [3.8, 4) is 23.0 Å². The molecular formula is C21H17NO5. The lowest BCUT2D eigenvalue weighted by Crippen LogP contribution is -2.02. The van der Waals surface area contributed by atoms with Crippen LogP contribution in [0.5, 0.6) is 23.0 Å². The van der Waals surface area contributed by atoms with Crippen LogP contribution in [0.4, 0.5) is 0 Å². The molecule has 0 aliphatic carbocycles. The summed E-state index contributed by atoms with van der Waals surface area (Å²) in [6, 6.07) is 11.3. The van der Waals surface area contributed by atoms with Crippen LogP contribution >= 0.6 is 0 Å². The van der Waals surface area contributed by atoms with Crippen molar-refractivity contribution in [1.29, 1.82) is 0 Å². The molecule has 6 heteroatoms. The van der Waals surface area contributed by atoms with Crippen molar-refractivity contribution in [2.24, 2.45) is 7.05 Å². The van der Waals surface area contributed by atoms with E-state index >= 15 is 0 Å². The minimum absolute atomic E-state index is 0.127. The second kappa shape index (κ2) is 5.54. The molecule has 0 bridgehead atoms. The smallest absolute Gasteiger partial charge is 0.231 e. The maximum Gasteiger partial charge on any atom is 0.231 e. The van der Waals surface area contributed by atoms with Crippen molar-refractivity contribution < 1.29 is 18.9 Å². The van der Waals surface area contributed by atoms with Crippen LogP contribution < -0.4 is 24.4 Å². The van der Waals surface area contributed by atoms with Crippen molar-refractivity contribution >= 4 is 32.6 Å². The molecule has 3 aromatic carbocycles. The fourth-order valence-corrected chi connectivity index (χ4v) is 3.92. The first-order chi connectivity index (χ1) is 13.1. The number of aryl methyl sites for hydroxylation is 1. The molecule has 0 saturated heterocycles. The highest BCUT2D eigenvalue weighted by atomic mass is 16.7. The van der Waals surface area contributed by atoms with E-state index in [0.717, 1.165) is 32.8 Å². The van der Waals surface area contributed by atoms with E-state index in [1.165, 1.54) is 13.2 Å². The molecule has 6 nitrogen and oxygen atoms in total. The maximum absolute atomic E-state index is 12.9. The molecule has 0 unspecified atom stereocenters. The van der Waals surface area contributed by atoms with Gasteiger partial charge in [0.2, 0.25) is 12.2 Å². The maximum atomic E-state index is 12.9. The van der Waals surface area contributed by atoms with E-state index in [9.17, 15) is 4.79 Å². The summed E-state index contributed by atoms with van der Waals surface area (Å²) < 4.78 is 23.7. The van der Waals surface area contributed by atoms with E-state index in [4.69, 9.17) is 18.9 Å². The number of hydrogen-bond acceptors (Lipinski definition) is 5. The van der Waals surface area contributed by atoms with Crippen LogP contribution in [-0.4, -0.2) is 25.6 Å². The number of methoxy groups -OCH3 is 2. The predicted octanol–water partition coefficient (Wildman–Crippen LogP) is 3.59. The molecule has 4 aromatic rings. The van der Waals surface area contributed by atoms with Gasteiger partial charge < -0.3 is 23.5 Å². The van der Waals surface area contributed by atoms with Gasteiger partial charge in [0.15, 0.2) is 23.0 Å². The summed E-state index contributed by atoms with van der Waals surface area (Å²) in [5.74, 6) is 2.38. The van der Waals surface area contributed by atoms with Crippen LogP contribution in [0.15, 0.2) is 41.2 Å².